The van der Waals surface area contributed by atoms with Crippen LogP contribution in [0.25, 0.3) is 0 Å². The van der Waals surface area contributed by atoms with Gasteiger partial charge in [0.15, 0.2) is 0 Å². The molecule has 0 aliphatic heterocycles. The van der Waals surface area contributed by atoms with Gasteiger partial charge in [-0.05, 0) is 30.5 Å². The van der Waals surface area contributed by atoms with Crippen molar-refractivity contribution in [3.63, 3.8) is 0 Å². The summed E-state index contributed by atoms with van der Waals surface area (Å²) in [6, 6.07) is 15.0. The molecule has 0 saturated carbocycles. The Morgan fingerprint density at radius 1 is 1.05 bits per heavy atom. The summed E-state index contributed by atoms with van der Waals surface area (Å²) in [6.45, 7) is 2.40. The molecule has 0 aromatic heterocycles. The summed E-state index contributed by atoms with van der Waals surface area (Å²) in [6.07, 6.45) is 0.707. The lowest BCUT2D eigenvalue weighted by molar-refractivity contribution is 0.0721. The van der Waals surface area contributed by atoms with E-state index < -0.39 is 0 Å². The lowest BCUT2D eigenvalue weighted by atomic mass is 10.1. The van der Waals surface area contributed by atoms with Gasteiger partial charge in [-0.25, -0.2) is 0 Å². The van der Waals surface area contributed by atoms with Crippen molar-refractivity contribution in [1.82, 2.24) is 4.90 Å². The van der Waals surface area contributed by atoms with Crippen LogP contribution in [0.3, 0.4) is 0 Å². The summed E-state index contributed by atoms with van der Waals surface area (Å²) in [5.74, 6) is -0.249. The van der Waals surface area contributed by atoms with Crippen molar-refractivity contribution in [2.45, 2.75) is 13.3 Å². The molecule has 0 spiro atoms. The first-order valence-electron chi connectivity index (χ1n) is 7.36. The molecule has 0 heterocycles. The summed E-state index contributed by atoms with van der Waals surface area (Å²) in [4.78, 5) is 14.2. The maximum Gasteiger partial charge on any atom is 0.257 e. The number of para-hydroxylation sites is 1. The zero-order chi connectivity index (χ0) is 15.9. The lowest BCUT2D eigenvalue weighted by Crippen LogP contribution is -2.35. The van der Waals surface area contributed by atoms with E-state index in [1.165, 1.54) is 0 Å². The summed E-state index contributed by atoms with van der Waals surface area (Å²) in [5.41, 5.74) is 2.08. The molecule has 2 aromatic carbocycles. The third-order valence-electron chi connectivity index (χ3n) is 3.64. The van der Waals surface area contributed by atoms with Crippen LogP contribution in [-0.2, 0) is 6.42 Å². The number of phenols is 1. The topological polar surface area (TPSA) is 60.8 Å². The minimum absolute atomic E-state index is 0.00940. The molecule has 0 bridgehead atoms. The predicted molar refractivity (Wildman–Crippen MR) is 86.0 cm³/mol. The Kier molecular flexibility index (Phi) is 5.55. The van der Waals surface area contributed by atoms with E-state index in [4.69, 9.17) is 0 Å². The number of hydrogen-bond acceptors (Lipinski definition) is 3. The van der Waals surface area contributed by atoms with Crippen molar-refractivity contribution in [3.8, 4) is 5.75 Å². The maximum absolute atomic E-state index is 12.6. The van der Waals surface area contributed by atoms with E-state index in [0.717, 1.165) is 5.56 Å². The van der Waals surface area contributed by atoms with Crippen molar-refractivity contribution in [2.75, 3.05) is 19.7 Å². The van der Waals surface area contributed by atoms with Gasteiger partial charge < -0.3 is 15.1 Å². The van der Waals surface area contributed by atoms with Crippen molar-refractivity contribution in [2.24, 2.45) is 0 Å². The minimum Gasteiger partial charge on any atom is -0.507 e. The van der Waals surface area contributed by atoms with E-state index in [9.17, 15) is 15.0 Å². The molecule has 22 heavy (non-hydrogen) atoms. The van der Waals surface area contributed by atoms with Crippen LogP contribution in [0.5, 0.6) is 5.75 Å². The van der Waals surface area contributed by atoms with Gasteiger partial charge in [0.05, 0.1) is 12.2 Å². The second-order valence-electron chi connectivity index (χ2n) is 5.22. The third kappa shape index (κ3) is 3.86. The Morgan fingerprint density at radius 2 is 1.77 bits per heavy atom. The van der Waals surface area contributed by atoms with Gasteiger partial charge in [-0.15, -0.1) is 0 Å². The largest absolute Gasteiger partial charge is 0.507 e. The molecule has 0 saturated heterocycles. The Hall–Kier alpha value is -2.33. The molecule has 1 amide bonds. The van der Waals surface area contributed by atoms with E-state index in [1.807, 2.05) is 30.3 Å². The number of hydrogen-bond donors (Lipinski definition) is 2. The molecule has 4 heteroatoms. The van der Waals surface area contributed by atoms with E-state index in [0.29, 0.717) is 18.5 Å². The number of carbonyl (C=O) groups is 1. The molecular weight excluding hydrogens is 278 g/mol. The van der Waals surface area contributed by atoms with Crippen LogP contribution in [-0.4, -0.2) is 40.7 Å². The highest BCUT2D eigenvalue weighted by Gasteiger charge is 2.19. The van der Waals surface area contributed by atoms with Gasteiger partial charge in [-0.2, -0.15) is 0 Å². The number of rotatable bonds is 6. The molecule has 4 nitrogen and oxygen atoms in total. The quantitative estimate of drug-likeness (QED) is 0.861. The molecule has 0 radical (unpaired) electrons. The second kappa shape index (κ2) is 7.61. The van der Waals surface area contributed by atoms with Crippen molar-refractivity contribution < 1.29 is 15.0 Å². The monoisotopic (exact) mass is 299 g/mol. The van der Waals surface area contributed by atoms with E-state index in [-0.39, 0.29) is 30.4 Å². The molecule has 0 aliphatic rings. The van der Waals surface area contributed by atoms with Crippen LogP contribution in [0.2, 0.25) is 0 Å². The Labute approximate surface area is 130 Å². The van der Waals surface area contributed by atoms with Gasteiger partial charge in [-0.1, -0.05) is 42.5 Å². The predicted octanol–water partition coefficient (Wildman–Crippen LogP) is 2.38. The average molecular weight is 299 g/mol. The van der Waals surface area contributed by atoms with E-state index >= 15 is 0 Å². The number of benzene rings is 2. The first-order chi connectivity index (χ1) is 10.6. The summed E-state index contributed by atoms with van der Waals surface area (Å²) < 4.78 is 0. The van der Waals surface area contributed by atoms with E-state index in [2.05, 4.69) is 0 Å². The fraction of sp³-hybridized carbons (Fsp3) is 0.278. The fourth-order valence-corrected chi connectivity index (χ4v) is 2.35. The second-order valence-corrected chi connectivity index (χ2v) is 5.22. The first kappa shape index (κ1) is 16.0. The number of aryl methyl sites for hydroxylation is 1. The molecule has 2 rings (SSSR count). The van der Waals surface area contributed by atoms with Crippen molar-refractivity contribution in [1.29, 1.82) is 0 Å². The molecular formula is C18H21NO3. The van der Waals surface area contributed by atoms with Crippen LogP contribution in [0.1, 0.15) is 21.5 Å². The van der Waals surface area contributed by atoms with Crippen molar-refractivity contribution >= 4 is 5.91 Å². The normalized spacial score (nSPS) is 10.5. The highest BCUT2D eigenvalue weighted by atomic mass is 16.3. The van der Waals surface area contributed by atoms with E-state index in [1.54, 1.807) is 30.0 Å². The third-order valence-corrected chi connectivity index (χ3v) is 3.64. The smallest absolute Gasteiger partial charge is 0.257 e. The van der Waals surface area contributed by atoms with Gasteiger partial charge in [0.25, 0.3) is 5.91 Å². The zero-order valence-electron chi connectivity index (χ0n) is 12.7. The number of aliphatic hydroxyl groups is 1. The van der Waals surface area contributed by atoms with Crippen LogP contribution in [0.4, 0.5) is 0 Å². The summed E-state index contributed by atoms with van der Waals surface area (Å²) >= 11 is 0. The fourth-order valence-electron chi connectivity index (χ4n) is 2.35. The molecule has 2 aromatic rings. The van der Waals surface area contributed by atoms with Crippen LogP contribution >= 0.6 is 0 Å². The number of phenolic OH excluding ortho intramolecular Hbond substituents is 1. The zero-order valence-corrected chi connectivity index (χ0v) is 12.7. The molecule has 0 atom stereocenters. The number of aromatic hydroxyl groups is 1. The van der Waals surface area contributed by atoms with Crippen LogP contribution in [0, 0.1) is 6.92 Å². The Bertz CT molecular complexity index is 625. The minimum atomic E-state index is -0.258. The van der Waals surface area contributed by atoms with Gasteiger partial charge >= 0.3 is 0 Å². The number of carbonyl (C=O) groups excluding carboxylic acids is 1. The van der Waals surface area contributed by atoms with Gasteiger partial charge in [0.1, 0.15) is 5.75 Å². The highest BCUT2D eigenvalue weighted by molar-refractivity contribution is 5.97. The SMILES string of the molecule is Cc1cccc(C(=O)N(CCO)CCc2ccccc2)c1O. The maximum atomic E-state index is 12.6. The molecule has 0 fully saturated rings. The van der Waals surface area contributed by atoms with Gasteiger partial charge in [0, 0.05) is 13.1 Å². The number of amides is 1. The summed E-state index contributed by atoms with van der Waals surface area (Å²) in [7, 11) is 0. The molecule has 116 valence electrons. The van der Waals surface area contributed by atoms with Gasteiger partial charge in [-0.3, -0.25) is 4.79 Å². The standard InChI is InChI=1S/C18H21NO3/c1-14-6-5-9-16(17(14)21)18(22)19(12-13-20)11-10-15-7-3-2-4-8-15/h2-9,20-21H,10-13H2,1H3. The van der Waals surface area contributed by atoms with Crippen LogP contribution < -0.4 is 0 Å². The summed E-state index contributed by atoms with van der Waals surface area (Å²) in [5, 5.41) is 19.3. The Balaban J connectivity index is 2.13. The number of aliphatic hydroxyl groups excluding tert-OH is 1. The number of nitrogens with zero attached hydrogens (tertiary/aromatic N) is 1. The lowest BCUT2D eigenvalue weighted by Gasteiger charge is -2.22. The highest BCUT2D eigenvalue weighted by Crippen LogP contribution is 2.23. The van der Waals surface area contributed by atoms with Crippen molar-refractivity contribution in [3.05, 3.63) is 65.2 Å². The molecule has 0 aliphatic carbocycles. The Morgan fingerprint density at radius 3 is 2.45 bits per heavy atom. The molecule has 0 unspecified atom stereocenters. The average Bonchev–Trinajstić information content (AvgIpc) is 2.54. The van der Waals surface area contributed by atoms with Crippen LogP contribution in [0.15, 0.2) is 48.5 Å². The van der Waals surface area contributed by atoms with Gasteiger partial charge in [0.2, 0.25) is 0 Å². The first-order valence-corrected chi connectivity index (χ1v) is 7.36. The molecule has 2 N–H and O–H groups in total.